The van der Waals surface area contributed by atoms with Gasteiger partial charge < -0.3 is 16.0 Å². The van der Waals surface area contributed by atoms with Crippen molar-refractivity contribution in [2.45, 2.75) is 24.8 Å². The summed E-state index contributed by atoms with van der Waals surface area (Å²) in [6.07, 6.45) is 2.38. The third-order valence-corrected chi connectivity index (χ3v) is 3.27. The van der Waals surface area contributed by atoms with Gasteiger partial charge in [-0.25, -0.2) is 0 Å². The molecular formula is C10H20N6O. The van der Waals surface area contributed by atoms with Crippen LogP contribution in [0.3, 0.4) is 0 Å². The number of carbonyl (C=O) groups is 1. The van der Waals surface area contributed by atoms with Gasteiger partial charge in [0.15, 0.2) is 0 Å². The van der Waals surface area contributed by atoms with Gasteiger partial charge in [-0.05, 0) is 38.4 Å². The molecule has 17 heavy (non-hydrogen) atoms. The summed E-state index contributed by atoms with van der Waals surface area (Å²) in [4.78, 5) is 16.5. The minimum absolute atomic E-state index is 0.311. The fourth-order valence-electron chi connectivity index (χ4n) is 2.17. The molecule has 7 heteroatoms. The molecule has 96 valence electrons. The molecule has 0 aromatic carbocycles. The van der Waals surface area contributed by atoms with Crippen molar-refractivity contribution >= 4 is 5.91 Å². The van der Waals surface area contributed by atoms with Crippen molar-refractivity contribution < 1.29 is 4.79 Å². The zero-order chi connectivity index (χ0) is 12.7. The number of likely N-dealkylation sites (tertiary alicyclic amines) is 1. The van der Waals surface area contributed by atoms with Crippen LogP contribution < -0.4 is 11.1 Å². The zero-order valence-electron chi connectivity index (χ0n) is 10.2. The average Bonchev–Trinajstić information content (AvgIpc) is 2.48. The molecule has 0 radical (unpaired) electrons. The van der Waals surface area contributed by atoms with E-state index in [9.17, 15) is 4.79 Å². The third kappa shape index (κ3) is 3.89. The van der Waals surface area contributed by atoms with E-state index in [1.54, 1.807) is 0 Å². The predicted octanol–water partition coefficient (Wildman–Crippen LogP) is 0.226. The minimum atomic E-state index is -0.643. The molecule has 7 nitrogen and oxygen atoms in total. The lowest BCUT2D eigenvalue weighted by Crippen LogP contribution is -2.56. The van der Waals surface area contributed by atoms with Crippen molar-refractivity contribution in [2.75, 3.05) is 33.2 Å². The topological polar surface area (TPSA) is 107 Å². The molecule has 0 spiro atoms. The molecule has 0 aliphatic carbocycles. The lowest BCUT2D eigenvalue weighted by molar-refractivity contribution is -0.124. The summed E-state index contributed by atoms with van der Waals surface area (Å²) in [6.45, 7) is 2.64. The third-order valence-electron chi connectivity index (χ3n) is 3.27. The molecule has 1 heterocycles. The van der Waals surface area contributed by atoms with Gasteiger partial charge in [0.1, 0.15) is 0 Å². The van der Waals surface area contributed by atoms with Crippen LogP contribution in [0.5, 0.6) is 0 Å². The standard InChI is InChI=1S/C10H20N6O/c1-16-7-2-3-10(4-8-16,9(11)17)13-5-6-14-15-12/h13H,2-8H2,1H3,(H2,11,17). The van der Waals surface area contributed by atoms with Gasteiger partial charge in [0.25, 0.3) is 0 Å². The van der Waals surface area contributed by atoms with Crippen molar-refractivity contribution in [1.29, 1.82) is 0 Å². The molecule has 0 aromatic heterocycles. The summed E-state index contributed by atoms with van der Waals surface area (Å²) in [5.74, 6) is -0.311. The quantitative estimate of drug-likeness (QED) is 0.311. The molecule has 3 N–H and O–H groups in total. The average molecular weight is 240 g/mol. The van der Waals surface area contributed by atoms with Crippen LogP contribution >= 0.6 is 0 Å². The number of nitrogens with two attached hydrogens (primary N) is 1. The smallest absolute Gasteiger partial charge is 0.237 e. The van der Waals surface area contributed by atoms with E-state index < -0.39 is 5.54 Å². The first-order chi connectivity index (χ1) is 8.10. The number of hydrogen-bond acceptors (Lipinski definition) is 4. The number of azide groups is 1. The first kappa shape index (κ1) is 13.8. The number of nitrogens with zero attached hydrogens (tertiary/aromatic N) is 4. The molecule has 1 aliphatic rings. The van der Waals surface area contributed by atoms with Crippen molar-refractivity contribution in [3.63, 3.8) is 0 Å². The Bertz CT molecular complexity index is 314. The number of hydrogen-bond donors (Lipinski definition) is 2. The highest BCUT2D eigenvalue weighted by Crippen LogP contribution is 2.21. The molecular weight excluding hydrogens is 220 g/mol. The maximum absolute atomic E-state index is 11.6. The Labute approximate surface area is 101 Å². The van der Waals surface area contributed by atoms with Gasteiger partial charge >= 0.3 is 0 Å². The minimum Gasteiger partial charge on any atom is -0.368 e. The number of carbonyl (C=O) groups excluding carboxylic acids is 1. The predicted molar refractivity (Wildman–Crippen MR) is 65.3 cm³/mol. The van der Waals surface area contributed by atoms with E-state index in [-0.39, 0.29) is 5.91 Å². The van der Waals surface area contributed by atoms with Gasteiger partial charge in [-0.1, -0.05) is 5.11 Å². The van der Waals surface area contributed by atoms with Crippen LogP contribution in [0.15, 0.2) is 5.11 Å². The lowest BCUT2D eigenvalue weighted by Gasteiger charge is -2.30. The second-order valence-corrected chi connectivity index (χ2v) is 4.48. The van der Waals surface area contributed by atoms with Crippen LogP contribution in [0.4, 0.5) is 0 Å². The second kappa shape index (κ2) is 6.44. The van der Waals surface area contributed by atoms with Crippen LogP contribution in [-0.2, 0) is 4.79 Å². The molecule has 0 saturated carbocycles. The van der Waals surface area contributed by atoms with E-state index >= 15 is 0 Å². The van der Waals surface area contributed by atoms with Crippen LogP contribution in [0, 0.1) is 0 Å². The van der Waals surface area contributed by atoms with Gasteiger partial charge in [-0.15, -0.1) is 0 Å². The van der Waals surface area contributed by atoms with E-state index in [0.29, 0.717) is 19.5 Å². The summed E-state index contributed by atoms with van der Waals surface area (Å²) in [5, 5.41) is 6.60. The van der Waals surface area contributed by atoms with Gasteiger partial charge in [-0.3, -0.25) is 4.79 Å². The largest absolute Gasteiger partial charge is 0.368 e. The molecule has 1 amide bonds. The first-order valence-electron chi connectivity index (χ1n) is 5.85. The maximum Gasteiger partial charge on any atom is 0.237 e. The number of primary amides is 1. The summed E-state index contributed by atoms with van der Waals surface area (Å²) >= 11 is 0. The van der Waals surface area contributed by atoms with E-state index in [1.807, 2.05) is 7.05 Å². The first-order valence-corrected chi connectivity index (χ1v) is 5.85. The summed E-state index contributed by atoms with van der Waals surface area (Å²) in [7, 11) is 2.04. The molecule has 1 fully saturated rings. The summed E-state index contributed by atoms with van der Waals surface area (Å²) < 4.78 is 0. The number of rotatable bonds is 5. The van der Waals surface area contributed by atoms with Crippen LogP contribution in [0.1, 0.15) is 19.3 Å². The molecule has 1 unspecified atom stereocenters. The van der Waals surface area contributed by atoms with E-state index in [4.69, 9.17) is 11.3 Å². The Kier molecular flexibility index (Phi) is 5.21. The van der Waals surface area contributed by atoms with Crippen molar-refractivity contribution in [3.05, 3.63) is 10.4 Å². The molecule has 0 bridgehead atoms. The van der Waals surface area contributed by atoms with Gasteiger partial charge in [0, 0.05) is 24.5 Å². The fraction of sp³-hybridized carbons (Fsp3) is 0.900. The van der Waals surface area contributed by atoms with Gasteiger partial charge in [0.2, 0.25) is 5.91 Å². The Hall–Kier alpha value is -1.30. The van der Waals surface area contributed by atoms with E-state index in [2.05, 4.69) is 20.2 Å². The van der Waals surface area contributed by atoms with Crippen LogP contribution in [0.25, 0.3) is 10.4 Å². The van der Waals surface area contributed by atoms with Crippen molar-refractivity contribution in [2.24, 2.45) is 10.8 Å². The van der Waals surface area contributed by atoms with Gasteiger partial charge in [0.05, 0.1) is 5.54 Å². The number of amides is 1. The normalized spacial score (nSPS) is 25.9. The highest BCUT2D eigenvalue weighted by molar-refractivity contribution is 5.84. The Morgan fingerprint density at radius 1 is 1.59 bits per heavy atom. The Morgan fingerprint density at radius 3 is 3.00 bits per heavy atom. The molecule has 1 aliphatic heterocycles. The molecule has 1 atom stereocenters. The lowest BCUT2D eigenvalue weighted by atomic mass is 9.89. The molecule has 1 saturated heterocycles. The van der Waals surface area contributed by atoms with Crippen LogP contribution in [0.2, 0.25) is 0 Å². The zero-order valence-corrected chi connectivity index (χ0v) is 10.2. The maximum atomic E-state index is 11.6. The summed E-state index contributed by atoms with van der Waals surface area (Å²) in [5.41, 5.74) is 13.1. The molecule has 0 aromatic rings. The second-order valence-electron chi connectivity index (χ2n) is 4.48. The van der Waals surface area contributed by atoms with Gasteiger partial charge in [-0.2, -0.15) is 0 Å². The SMILES string of the molecule is CN1CCCC(NCCN=[N+]=[N-])(C(N)=O)CC1. The van der Waals surface area contributed by atoms with E-state index in [0.717, 1.165) is 25.9 Å². The van der Waals surface area contributed by atoms with Crippen molar-refractivity contribution in [1.82, 2.24) is 10.2 Å². The Morgan fingerprint density at radius 2 is 2.35 bits per heavy atom. The summed E-state index contributed by atoms with van der Waals surface area (Å²) in [6, 6.07) is 0. The van der Waals surface area contributed by atoms with Crippen LogP contribution in [-0.4, -0.2) is 49.6 Å². The highest BCUT2D eigenvalue weighted by Gasteiger charge is 2.36. The van der Waals surface area contributed by atoms with Crippen molar-refractivity contribution in [3.8, 4) is 0 Å². The Balaban J connectivity index is 2.61. The highest BCUT2D eigenvalue weighted by atomic mass is 16.1. The number of nitrogens with one attached hydrogen (secondary N) is 1. The van der Waals surface area contributed by atoms with E-state index in [1.165, 1.54) is 0 Å². The fourth-order valence-corrected chi connectivity index (χ4v) is 2.17. The monoisotopic (exact) mass is 240 g/mol. The molecule has 1 rings (SSSR count).